The molecule has 4 aromatic rings. The Labute approximate surface area is 343 Å². The maximum absolute atomic E-state index is 13.8. The maximum Gasteiger partial charge on any atom is 0.254 e. The highest BCUT2D eigenvalue weighted by molar-refractivity contribution is 5.94. The van der Waals surface area contributed by atoms with Crippen molar-refractivity contribution in [1.29, 1.82) is 0 Å². The number of carbonyl (C=O) groups is 2. The fraction of sp³-hybridized carbons (Fsp3) is 0.500. The molecule has 0 saturated heterocycles. The number of hydrogen-bond donors (Lipinski definition) is 0. The normalized spacial score (nSPS) is 10.9. The topological polar surface area (TPSA) is 48.4 Å². The summed E-state index contributed by atoms with van der Waals surface area (Å²) in [5.74, 6) is 0.169. The second-order valence-corrected chi connectivity index (χ2v) is 15.0. The van der Waals surface area contributed by atoms with E-state index < -0.39 is 0 Å². The number of benzene rings is 2. The van der Waals surface area contributed by atoms with Crippen LogP contribution in [0.3, 0.4) is 0 Å². The molecule has 0 radical (unpaired) electrons. The standard InChI is InChI=1S/C48H68N4O2.BrH/c1-3-5-7-9-11-21-33-49-37-29-45(30-38-49)47(53)51(41-43-25-17-15-18-26-43)35-23-13-14-24-36-52(42-44-27-19-16-20-28-44)48(54)46-31-39-50(40-32-46)34-22-12-10-8-6-4-2;/h15-20,25-32,37-40H,3-14,21-24,33-36,41-42H2,1-2H3;1H/q+2;/p-1. The Balaban J connectivity index is 0.00000812. The molecule has 2 aromatic carbocycles. The molecule has 0 fully saturated rings. The van der Waals surface area contributed by atoms with E-state index in [4.69, 9.17) is 0 Å². The van der Waals surface area contributed by atoms with E-state index in [2.05, 4.69) is 72.0 Å². The molecule has 0 atom stereocenters. The fourth-order valence-corrected chi connectivity index (χ4v) is 7.08. The van der Waals surface area contributed by atoms with Gasteiger partial charge in [-0.25, -0.2) is 9.13 Å². The number of unbranched alkanes of at least 4 members (excludes halogenated alkanes) is 13. The maximum atomic E-state index is 13.8. The molecule has 0 unspecified atom stereocenters. The van der Waals surface area contributed by atoms with E-state index in [1.54, 1.807) is 0 Å². The van der Waals surface area contributed by atoms with Crippen molar-refractivity contribution in [3.05, 3.63) is 132 Å². The lowest BCUT2D eigenvalue weighted by Gasteiger charge is -2.24. The quantitative estimate of drug-likeness (QED) is 0.0462. The van der Waals surface area contributed by atoms with E-state index in [1.807, 2.05) is 70.5 Å². The summed E-state index contributed by atoms with van der Waals surface area (Å²) >= 11 is 0. The van der Waals surface area contributed by atoms with Gasteiger partial charge in [-0.1, -0.05) is 139 Å². The predicted octanol–water partition coefficient (Wildman–Crippen LogP) is 7.53. The minimum atomic E-state index is 0. The van der Waals surface area contributed by atoms with Crippen molar-refractivity contribution in [1.82, 2.24) is 9.80 Å². The van der Waals surface area contributed by atoms with Gasteiger partial charge >= 0.3 is 0 Å². The zero-order chi connectivity index (χ0) is 38.1. The Hall–Kier alpha value is -3.84. The van der Waals surface area contributed by atoms with Gasteiger partial charge in [0, 0.05) is 63.3 Å². The van der Waals surface area contributed by atoms with Crippen LogP contribution in [-0.2, 0) is 26.2 Å². The van der Waals surface area contributed by atoms with Crippen molar-refractivity contribution in [2.45, 2.75) is 143 Å². The smallest absolute Gasteiger partial charge is 0.254 e. The molecule has 4 rings (SSSR count). The summed E-state index contributed by atoms with van der Waals surface area (Å²) in [7, 11) is 0. The van der Waals surface area contributed by atoms with Gasteiger partial charge in [-0.3, -0.25) is 9.59 Å². The van der Waals surface area contributed by atoms with Gasteiger partial charge < -0.3 is 26.8 Å². The fourth-order valence-electron chi connectivity index (χ4n) is 7.08. The van der Waals surface area contributed by atoms with Crippen LogP contribution in [0.1, 0.15) is 148 Å². The van der Waals surface area contributed by atoms with Gasteiger partial charge in [0.1, 0.15) is 13.1 Å². The van der Waals surface area contributed by atoms with Gasteiger partial charge in [0.25, 0.3) is 11.8 Å². The molecule has 0 aliphatic carbocycles. The number of hydrogen-bond acceptors (Lipinski definition) is 2. The monoisotopic (exact) mass is 811 g/mol. The van der Waals surface area contributed by atoms with Crippen LogP contribution in [0.4, 0.5) is 0 Å². The molecule has 298 valence electrons. The molecule has 0 bridgehead atoms. The number of amides is 2. The van der Waals surface area contributed by atoms with Crippen molar-refractivity contribution in [3.63, 3.8) is 0 Å². The van der Waals surface area contributed by atoms with Gasteiger partial charge in [0.2, 0.25) is 0 Å². The minimum absolute atomic E-state index is 0. The molecule has 0 saturated carbocycles. The zero-order valence-electron chi connectivity index (χ0n) is 33.9. The predicted molar refractivity (Wildman–Crippen MR) is 221 cm³/mol. The van der Waals surface area contributed by atoms with Gasteiger partial charge in [-0.2, -0.15) is 0 Å². The molecule has 2 amide bonds. The summed E-state index contributed by atoms with van der Waals surface area (Å²) in [6.07, 6.45) is 27.4. The van der Waals surface area contributed by atoms with E-state index >= 15 is 0 Å². The summed E-state index contributed by atoms with van der Waals surface area (Å²) in [5, 5.41) is 0. The average molecular weight is 813 g/mol. The Morgan fingerprint density at radius 2 is 0.764 bits per heavy atom. The first-order valence-electron chi connectivity index (χ1n) is 21.2. The molecule has 0 N–H and O–H groups in total. The third-order valence-corrected chi connectivity index (χ3v) is 10.4. The summed E-state index contributed by atoms with van der Waals surface area (Å²) in [5.41, 5.74) is 3.77. The summed E-state index contributed by atoms with van der Waals surface area (Å²) in [6.45, 7) is 9.10. The average Bonchev–Trinajstić information content (AvgIpc) is 3.21. The van der Waals surface area contributed by atoms with E-state index in [-0.39, 0.29) is 28.8 Å². The number of rotatable bonds is 27. The Bertz CT molecular complexity index is 1460. The lowest BCUT2D eigenvalue weighted by atomic mass is 10.1. The number of carbonyl (C=O) groups excluding carboxylic acids is 2. The van der Waals surface area contributed by atoms with Crippen molar-refractivity contribution in [3.8, 4) is 0 Å². The highest BCUT2D eigenvalue weighted by Crippen LogP contribution is 2.15. The van der Waals surface area contributed by atoms with Crippen LogP contribution in [0.15, 0.2) is 110 Å². The molecule has 2 heterocycles. The number of aromatic nitrogens is 2. The Morgan fingerprint density at radius 3 is 1.13 bits per heavy atom. The van der Waals surface area contributed by atoms with Crippen molar-refractivity contribution in [2.24, 2.45) is 0 Å². The van der Waals surface area contributed by atoms with Crippen LogP contribution in [0.2, 0.25) is 0 Å². The molecule has 0 spiro atoms. The number of aryl methyl sites for hydroxylation is 2. The van der Waals surface area contributed by atoms with Crippen LogP contribution in [0.5, 0.6) is 0 Å². The molecule has 55 heavy (non-hydrogen) atoms. The molecule has 0 aliphatic rings. The van der Waals surface area contributed by atoms with Crippen molar-refractivity contribution >= 4 is 11.8 Å². The van der Waals surface area contributed by atoms with Crippen molar-refractivity contribution in [2.75, 3.05) is 13.1 Å². The highest BCUT2D eigenvalue weighted by Gasteiger charge is 2.19. The van der Waals surface area contributed by atoms with E-state index in [0.717, 1.165) is 61.0 Å². The number of nitrogens with zero attached hydrogens (tertiary/aromatic N) is 4. The SMILES string of the molecule is CCCCCCCC[n+]1ccc(C(=O)N(CCCCCCN(Cc2ccccc2)C(=O)c2cc[n+](CCCCCCCC)cc2)Cc2ccccc2)cc1.[Br-]. The van der Waals surface area contributed by atoms with E-state index in [1.165, 1.54) is 77.0 Å². The van der Waals surface area contributed by atoms with Crippen molar-refractivity contribution < 1.29 is 35.7 Å². The molecular formula is C48H68BrN4O2+. The van der Waals surface area contributed by atoms with E-state index in [9.17, 15) is 9.59 Å². The largest absolute Gasteiger partial charge is 1.00 e. The third kappa shape index (κ3) is 17.7. The number of pyridine rings is 2. The second kappa shape index (κ2) is 27.7. The molecule has 6 nitrogen and oxygen atoms in total. The van der Waals surface area contributed by atoms with Gasteiger partial charge in [-0.15, -0.1) is 0 Å². The minimum Gasteiger partial charge on any atom is -1.00 e. The second-order valence-electron chi connectivity index (χ2n) is 15.0. The number of halogens is 1. The third-order valence-electron chi connectivity index (χ3n) is 10.4. The molecule has 7 heteroatoms. The van der Waals surface area contributed by atoms with Gasteiger partial charge in [-0.05, 0) is 36.8 Å². The zero-order valence-corrected chi connectivity index (χ0v) is 35.5. The van der Waals surface area contributed by atoms with Crippen LogP contribution in [0.25, 0.3) is 0 Å². The Kier molecular flexibility index (Phi) is 22.9. The van der Waals surface area contributed by atoms with Gasteiger partial charge in [0.05, 0.1) is 11.1 Å². The molecular weight excluding hydrogens is 744 g/mol. The first kappa shape index (κ1) is 45.5. The van der Waals surface area contributed by atoms with Crippen LogP contribution >= 0.6 is 0 Å². The van der Waals surface area contributed by atoms with Crippen LogP contribution in [0, 0.1) is 0 Å². The lowest BCUT2D eigenvalue weighted by Crippen LogP contribution is -3.00. The first-order chi connectivity index (χ1) is 26.6. The van der Waals surface area contributed by atoms with Crippen LogP contribution in [-0.4, -0.2) is 34.7 Å². The Morgan fingerprint density at radius 1 is 0.436 bits per heavy atom. The molecule has 0 aliphatic heterocycles. The van der Waals surface area contributed by atoms with Gasteiger partial charge in [0.15, 0.2) is 24.8 Å². The highest BCUT2D eigenvalue weighted by atomic mass is 79.9. The lowest BCUT2D eigenvalue weighted by molar-refractivity contribution is -0.697. The van der Waals surface area contributed by atoms with E-state index in [0.29, 0.717) is 26.2 Å². The molecule has 2 aromatic heterocycles. The first-order valence-corrected chi connectivity index (χ1v) is 21.2. The summed E-state index contributed by atoms with van der Waals surface area (Å²) in [4.78, 5) is 31.6. The summed E-state index contributed by atoms with van der Waals surface area (Å²) < 4.78 is 4.41. The summed E-state index contributed by atoms with van der Waals surface area (Å²) in [6, 6.07) is 28.5. The van der Waals surface area contributed by atoms with Crippen LogP contribution < -0.4 is 26.1 Å².